The number of benzene rings is 1. The van der Waals surface area contributed by atoms with E-state index in [0.717, 1.165) is 5.56 Å². The number of amides is 1. The third-order valence-electron chi connectivity index (χ3n) is 3.65. The van der Waals surface area contributed by atoms with E-state index in [1.807, 2.05) is 43.5 Å². The highest BCUT2D eigenvalue weighted by atomic mass is 19.1. The Hall–Kier alpha value is -2.69. The molecule has 0 spiro atoms. The monoisotopic (exact) mass is 311 g/mol. The minimum atomic E-state index is -0.336. The van der Waals surface area contributed by atoms with Gasteiger partial charge in [0.15, 0.2) is 0 Å². The van der Waals surface area contributed by atoms with Gasteiger partial charge < -0.3 is 5.32 Å². The largest absolute Gasteiger partial charge is 0.310 e. The first-order valence-electron chi connectivity index (χ1n) is 7.51. The van der Waals surface area contributed by atoms with Crippen LogP contribution in [0.5, 0.6) is 0 Å². The molecule has 0 atom stereocenters. The maximum absolute atomic E-state index is 13.6. The lowest BCUT2D eigenvalue weighted by atomic mass is 10.1. The van der Waals surface area contributed by atoms with Crippen molar-refractivity contribution in [1.29, 1.82) is 0 Å². The second kappa shape index (κ2) is 5.83. The van der Waals surface area contributed by atoms with Crippen molar-refractivity contribution in [3.05, 3.63) is 54.0 Å². The van der Waals surface area contributed by atoms with Crippen LogP contribution >= 0.6 is 0 Å². The van der Waals surface area contributed by atoms with Crippen LogP contribution in [-0.2, 0) is 4.79 Å². The van der Waals surface area contributed by atoms with Crippen molar-refractivity contribution in [3.8, 4) is 11.3 Å². The van der Waals surface area contributed by atoms with Gasteiger partial charge in [-0.25, -0.2) is 9.37 Å². The van der Waals surface area contributed by atoms with Gasteiger partial charge in [0, 0.05) is 17.7 Å². The highest BCUT2D eigenvalue weighted by molar-refractivity contribution is 5.95. The van der Waals surface area contributed by atoms with E-state index in [4.69, 9.17) is 0 Å². The number of pyridine rings is 1. The first-order valence-corrected chi connectivity index (χ1v) is 7.51. The van der Waals surface area contributed by atoms with Gasteiger partial charge in [0.05, 0.1) is 0 Å². The Bertz CT molecular complexity index is 883. The Morgan fingerprint density at radius 3 is 2.74 bits per heavy atom. The predicted molar refractivity (Wildman–Crippen MR) is 88.8 cm³/mol. The molecule has 5 heteroatoms. The molecule has 0 aliphatic heterocycles. The molecular formula is C18H18FN3O. The second-order valence-electron chi connectivity index (χ2n) is 5.90. The van der Waals surface area contributed by atoms with Crippen molar-refractivity contribution in [2.24, 2.45) is 5.92 Å². The summed E-state index contributed by atoms with van der Waals surface area (Å²) in [5.41, 5.74) is 2.97. The van der Waals surface area contributed by atoms with Crippen LogP contribution in [-0.4, -0.2) is 15.3 Å². The summed E-state index contributed by atoms with van der Waals surface area (Å²) in [6.45, 7) is 5.62. The Morgan fingerprint density at radius 2 is 2.04 bits per heavy atom. The fourth-order valence-electron chi connectivity index (χ4n) is 2.36. The molecule has 0 radical (unpaired) electrons. The van der Waals surface area contributed by atoms with Crippen molar-refractivity contribution in [3.63, 3.8) is 0 Å². The standard InChI is InChI=1S/C18H18FN3O/c1-11(2)18(23)21-17-16(13-5-4-6-14(19)10-13)20-15-9-12(3)7-8-22(15)17/h4-11H,1-3H3,(H,21,23). The third-order valence-corrected chi connectivity index (χ3v) is 3.65. The summed E-state index contributed by atoms with van der Waals surface area (Å²) in [5.74, 6) is -0.0439. The van der Waals surface area contributed by atoms with Crippen LogP contribution < -0.4 is 5.32 Å². The molecule has 0 aliphatic rings. The van der Waals surface area contributed by atoms with Gasteiger partial charge in [-0.05, 0) is 36.8 Å². The summed E-state index contributed by atoms with van der Waals surface area (Å²) in [5, 5.41) is 2.91. The number of carbonyl (C=O) groups excluding carboxylic acids is 1. The van der Waals surface area contributed by atoms with E-state index in [-0.39, 0.29) is 17.6 Å². The van der Waals surface area contributed by atoms with Crippen molar-refractivity contribution < 1.29 is 9.18 Å². The lowest BCUT2D eigenvalue weighted by Gasteiger charge is -2.10. The highest BCUT2D eigenvalue weighted by Gasteiger charge is 2.18. The lowest BCUT2D eigenvalue weighted by Crippen LogP contribution is -2.19. The van der Waals surface area contributed by atoms with Gasteiger partial charge in [-0.1, -0.05) is 26.0 Å². The highest BCUT2D eigenvalue weighted by Crippen LogP contribution is 2.29. The van der Waals surface area contributed by atoms with Crippen LogP contribution in [0.4, 0.5) is 10.2 Å². The second-order valence-corrected chi connectivity index (χ2v) is 5.90. The molecule has 0 saturated carbocycles. The summed E-state index contributed by atoms with van der Waals surface area (Å²) in [7, 11) is 0. The molecule has 0 bridgehead atoms. The minimum absolute atomic E-state index is 0.106. The van der Waals surface area contributed by atoms with Crippen LogP contribution in [0, 0.1) is 18.7 Å². The van der Waals surface area contributed by atoms with Crippen LogP contribution in [0.2, 0.25) is 0 Å². The number of imidazole rings is 1. The van der Waals surface area contributed by atoms with E-state index in [2.05, 4.69) is 10.3 Å². The van der Waals surface area contributed by atoms with Gasteiger partial charge in [0.2, 0.25) is 5.91 Å². The number of fused-ring (bicyclic) bond motifs is 1. The van der Waals surface area contributed by atoms with Crippen molar-refractivity contribution in [2.45, 2.75) is 20.8 Å². The molecule has 0 saturated heterocycles. The summed E-state index contributed by atoms with van der Waals surface area (Å²) >= 11 is 0. The molecule has 4 nitrogen and oxygen atoms in total. The Labute approximate surface area is 134 Å². The summed E-state index contributed by atoms with van der Waals surface area (Å²) in [4.78, 5) is 16.7. The average molecular weight is 311 g/mol. The van der Waals surface area contributed by atoms with Crippen molar-refractivity contribution >= 4 is 17.4 Å². The number of carbonyl (C=O) groups is 1. The van der Waals surface area contributed by atoms with Gasteiger partial charge >= 0.3 is 0 Å². The van der Waals surface area contributed by atoms with Crippen LogP contribution in [0.3, 0.4) is 0 Å². The zero-order valence-electron chi connectivity index (χ0n) is 13.3. The van der Waals surface area contributed by atoms with Gasteiger partial charge in [0.25, 0.3) is 0 Å². The van der Waals surface area contributed by atoms with Crippen LogP contribution in [0.15, 0.2) is 42.6 Å². The van der Waals surface area contributed by atoms with E-state index >= 15 is 0 Å². The zero-order chi connectivity index (χ0) is 16.6. The van der Waals surface area contributed by atoms with E-state index in [1.54, 1.807) is 12.1 Å². The maximum Gasteiger partial charge on any atom is 0.228 e. The molecule has 0 unspecified atom stereocenters. The smallest absolute Gasteiger partial charge is 0.228 e. The number of aryl methyl sites for hydroxylation is 1. The molecule has 3 rings (SSSR count). The maximum atomic E-state index is 13.6. The van der Waals surface area contributed by atoms with E-state index in [1.165, 1.54) is 12.1 Å². The number of aromatic nitrogens is 2. The first kappa shape index (κ1) is 15.2. The molecule has 3 aromatic rings. The molecular weight excluding hydrogens is 293 g/mol. The fourth-order valence-corrected chi connectivity index (χ4v) is 2.36. The molecule has 23 heavy (non-hydrogen) atoms. The van der Waals surface area contributed by atoms with E-state index < -0.39 is 0 Å². The van der Waals surface area contributed by atoms with Crippen LogP contribution in [0.1, 0.15) is 19.4 Å². The molecule has 118 valence electrons. The number of halogens is 1. The number of nitrogens with one attached hydrogen (secondary N) is 1. The minimum Gasteiger partial charge on any atom is -0.310 e. The number of nitrogens with zero attached hydrogens (tertiary/aromatic N) is 2. The van der Waals surface area contributed by atoms with E-state index in [0.29, 0.717) is 22.7 Å². The molecule has 0 aliphatic carbocycles. The summed E-state index contributed by atoms with van der Waals surface area (Å²) < 4.78 is 15.4. The Morgan fingerprint density at radius 1 is 1.26 bits per heavy atom. The molecule has 2 aromatic heterocycles. The van der Waals surface area contributed by atoms with Crippen molar-refractivity contribution in [2.75, 3.05) is 5.32 Å². The number of rotatable bonds is 3. The van der Waals surface area contributed by atoms with E-state index in [9.17, 15) is 9.18 Å². The quantitative estimate of drug-likeness (QED) is 0.793. The molecule has 1 N–H and O–H groups in total. The Balaban J connectivity index is 2.21. The molecule has 1 aromatic carbocycles. The fraction of sp³-hybridized carbons (Fsp3) is 0.222. The molecule has 2 heterocycles. The first-order chi connectivity index (χ1) is 11.0. The number of hydrogen-bond donors (Lipinski definition) is 1. The normalized spacial score (nSPS) is 11.2. The third kappa shape index (κ3) is 2.95. The van der Waals surface area contributed by atoms with Crippen molar-refractivity contribution in [1.82, 2.24) is 9.38 Å². The van der Waals surface area contributed by atoms with Gasteiger partial charge in [-0.15, -0.1) is 0 Å². The number of hydrogen-bond acceptors (Lipinski definition) is 2. The number of anilines is 1. The molecule has 1 amide bonds. The predicted octanol–water partition coefficient (Wildman–Crippen LogP) is 4.04. The summed E-state index contributed by atoms with van der Waals surface area (Å²) in [6, 6.07) is 10.1. The lowest BCUT2D eigenvalue weighted by molar-refractivity contribution is -0.118. The topological polar surface area (TPSA) is 46.4 Å². The zero-order valence-corrected chi connectivity index (χ0v) is 13.3. The Kier molecular flexibility index (Phi) is 3.86. The van der Waals surface area contributed by atoms with Crippen LogP contribution in [0.25, 0.3) is 16.9 Å². The van der Waals surface area contributed by atoms with Gasteiger partial charge in [0.1, 0.15) is 23.0 Å². The van der Waals surface area contributed by atoms with Gasteiger partial charge in [-0.3, -0.25) is 9.20 Å². The SMILES string of the molecule is Cc1ccn2c(NC(=O)C(C)C)c(-c3cccc(F)c3)nc2c1. The summed E-state index contributed by atoms with van der Waals surface area (Å²) in [6.07, 6.45) is 1.86. The molecule has 0 fully saturated rings. The van der Waals surface area contributed by atoms with Gasteiger partial charge in [-0.2, -0.15) is 0 Å². The average Bonchev–Trinajstić information content (AvgIpc) is 2.85.